The van der Waals surface area contributed by atoms with Gasteiger partial charge in [0.2, 0.25) is 0 Å². The van der Waals surface area contributed by atoms with Crippen molar-refractivity contribution in [2.45, 2.75) is 6.10 Å². The zero-order valence-corrected chi connectivity index (χ0v) is 10.8. The fourth-order valence-electron chi connectivity index (χ4n) is 1.35. The van der Waals surface area contributed by atoms with Gasteiger partial charge in [0.15, 0.2) is 3.95 Å². The first-order valence-electron chi connectivity index (χ1n) is 4.80. The first-order valence-corrected chi connectivity index (χ1v) is 6.56. The van der Waals surface area contributed by atoms with Crippen LogP contribution in [0, 0.1) is 3.95 Å². The van der Waals surface area contributed by atoms with Gasteiger partial charge >= 0.3 is 0 Å². The summed E-state index contributed by atoms with van der Waals surface area (Å²) in [6, 6.07) is 5.92. The summed E-state index contributed by atoms with van der Waals surface area (Å²) in [6.45, 7) is 0.449. The molecule has 0 aliphatic heterocycles. The quantitative estimate of drug-likeness (QED) is 0.593. The second-order valence-corrected chi connectivity index (χ2v) is 5.44. The Balaban J connectivity index is 2.16. The van der Waals surface area contributed by atoms with E-state index in [4.69, 9.17) is 23.8 Å². The maximum absolute atomic E-state index is 9.32. The number of hydrogen-bond acceptors (Lipinski definition) is 4. The number of H-pyrrole nitrogens is 1. The smallest absolute Gasteiger partial charge is 0.159 e. The van der Waals surface area contributed by atoms with Gasteiger partial charge in [-0.3, -0.25) is 0 Å². The number of aliphatic hydroxyl groups is 1. The van der Waals surface area contributed by atoms with Crippen molar-refractivity contribution in [1.82, 2.24) is 4.98 Å². The third-order valence-electron chi connectivity index (χ3n) is 2.14. The fraction of sp³-hybridized carbons (Fsp3) is 0.300. The summed E-state index contributed by atoms with van der Waals surface area (Å²) >= 11 is 12.1. The number of aliphatic hydroxyl groups excluding tert-OH is 1. The van der Waals surface area contributed by atoms with E-state index in [0.29, 0.717) is 6.54 Å². The van der Waals surface area contributed by atoms with Crippen molar-refractivity contribution in [3.05, 3.63) is 22.2 Å². The van der Waals surface area contributed by atoms with Crippen LogP contribution in [0.15, 0.2) is 18.2 Å². The van der Waals surface area contributed by atoms with E-state index in [9.17, 15) is 5.11 Å². The Bertz CT molecular complexity index is 537. The lowest BCUT2D eigenvalue weighted by Crippen LogP contribution is -2.20. The standard InChI is InChI=1S/C10H11ClN2OS2/c11-4-7(14)5-12-6-1-2-8-9(3-6)16-10(15)13-8/h1-3,7,12,14H,4-5H2,(H,13,15). The molecule has 2 aromatic rings. The van der Waals surface area contributed by atoms with Crippen molar-refractivity contribution in [2.24, 2.45) is 0 Å². The topological polar surface area (TPSA) is 48.0 Å². The highest BCUT2D eigenvalue weighted by molar-refractivity contribution is 7.73. The van der Waals surface area contributed by atoms with Crippen LogP contribution in [0.25, 0.3) is 10.2 Å². The average Bonchev–Trinajstić information content (AvgIpc) is 2.65. The number of thiazole rings is 1. The fourth-order valence-corrected chi connectivity index (χ4v) is 2.61. The number of alkyl halides is 1. The van der Waals surface area contributed by atoms with Crippen LogP contribution in [0.5, 0.6) is 0 Å². The lowest BCUT2D eigenvalue weighted by molar-refractivity contribution is 0.211. The summed E-state index contributed by atoms with van der Waals surface area (Å²) in [5, 5.41) is 12.4. The van der Waals surface area contributed by atoms with E-state index in [0.717, 1.165) is 19.9 Å². The molecule has 3 N–H and O–H groups in total. The molecule has 86 valence electrons. The molecule has 0 saturated heterocycles. The van der Waals surface area contributed by atoms with Crippen molar-refractivity contribution >= 4 is 51.1 Å². The van der Waals surface area contributed by atoms with Crippen molar-refractivity contribution in [3.8, 4) is 0 Å². The lowest BCUT2D eigenvalue weighted by Gasteiger charge is -2.09. The minimum absolute atomic E-state index is 0.234. The van der Waals surface area contributed by atoms with E-state index >= 15 is 0 Å². The zero-order valence-electron chi connectivity index (χ0n) is 8.37. The van der Waals surface area contributed by atoms with Crippen LogP contribution in [0.4, 0.5) is 5.69 Å². The van der Waals surface area contributed by atoms with Crippen molar-refractivity contribution in [2.75, 3.05) is 17.7 Å². The molecule has 16 heavy (non-hydrogen) atoms. The Morgan fingerprint density at radius 1 is 1.56 bits per heavy atom. The van der Waals surface area contributed by atoms with E-state index < -0.39 is 6.10 Å². The molecule has 0 aliphatic rings. The number of aromatic amines is 1. The summed E-state index contributed by atoms with van der Waals surface area (Å²) in [4.78, 5) is 3.10. The molecule has 1 aromatic carbocycles. The third kappa shape index (κ3) is 2.74. The highest BCUT2D eigenvalue weighted by Crippen LogP contribution is 2.23. The van der Waals surface area contributed by atoms with Gasteiger partial charge in [-0.25, -0.2) is 0 Å². The molecule has 3 nitrogen and oxygen atoms in total. The van der Waals surface area contributed by atoms with Gasteiger partial charge in [0.1, 0.15) is 0 Å². The number of aromatic nitrogens is 1. The Kier molecular flexibility index (Phi) is 3.81. The summed E-state index contributed by atoms with van der Waals surface area (Å²) in [5.74, 6) is 0.234. The van der Waals surface area contributed by atoms with E-state index in [1.807, 2.05) is 18.2 Å². The molecular weight excluding hydrogens is 264 g/mol. The summed E-state index contributed by atoms with van der Waals surface area (Å²) < 4.78 is 1.88. The largest absolute Gasteiger partial charge is 0.390 e. The first-order chi connectivity index (χ1) is 7.69. The van der Waals surface area contributed by atoms with Gasteiger partial charge in [-0.1, -0.05) is 0 Å². The zero-order chi connectivity index (χ0) is 11.5. The molecule has 0 aliphatic carbocycles. The van der Waals surface area contributed by atoms with Crippen LogP contribution >= 0.6 is 35.2 Å². The number of rotatable bonds is 4. The Morgan fingerprint density at radius 2 is 2.38 bits per heavy atom. The Morgan fingerprint density at radius 3 is 3.12 bits per heavy atom. The molecule has 6 heteroatoms. The molecule has 0 amide bonds. The van der Waals surface area contributed by atoms with Crippen LogP contribution in [-0.2, 0) is 0 Å². The SMILES string of the molecule is OC(CCl)CNc1ccc2[nH]c(=S)sc2c1. The van der Waals surface area contributed by atoms with Crippen LogP contribution in [-0.4, -0.2) is 28.6 Å². The number of nitrogens with one attached hydrogen (secondary N) is 2. The number of benzene rings is 1. The second-order valence-electron chi connectivity index (χ2n) is 3.41. The molecule has 2 rings (SSSR count). The monoisotopic (exact) mass is 274 g/mol. The number of fused-ring (bicyclic) bond motifs is 1. The maximum Gasteiger partial charge on any atom is 0.159 e. The Labute approximate surface area is 107 Å². The molecule has 0 fully saturated rings. The van der Waals surface area contributed by atoms with Crippen LogP contribution in [0.1, 0.15) is 0 Å². The molecule has 1 unspecified atom stereocenters. The molecular formula is C10H11ClN2OS2. The number of hydrogen-bond donors (Lipinski definition) is 3. The summed E-state index contributed by atoms with van der Waals surface area (Å²) in [6.07, 6.45) is -0.526. The average molecular weight is 275 g/mol. The van der Waals surface area contributed by atoms with Gasteiger partial charge in [-0.2, -0.15) is 0 Å². The van der Waals surface area contributed by atoms with Crippen LogP contribution in [0.2, 0.25) is 0 Å². The van der Waals surface area contributed by atoms with E-state index in [1.54, 1.807) is 0 Å². The summed E-state index contributed by atoms with van der Waals surface area (Å²) in [7, 11) is 0. The van der Waals surface area contributed by atoms with Gasteiger partial charge in [-0.05, 0) is 30.4 Å². The molecule has 0 bridgehead atoms. The van der Waals surface area contributed by atoms with Gasteiger partial charge in [0.25, 0.3) is 0 Å². The lowest BCUT2D eigenvalue weighted by atomic mass is 10.3. The minimum atomic E-state index is -0.526. The molecule has 0 spiro atoms. The first kappa shape index (κ1) is 11.9. The molecule has 1 aromatic heterocycles. The normalized spacial score (nSPS) is 12.9. The predicted octanol–water partition coefficient (Wildman–Crippen LogP) is 2.97. The van der Waals surface area contributed by atoms with Crippen LogP contribution in [0.3, 0.4) is 0 Å². The minimum Gasteiger partial charge on any atom is -0.390 e. The number of halogens is 1. The van der Waals surface area contributed by atoms with Gasteiger partial charge < -0.3 is 15.4 Å². The summed E-state index contributed by atoms with van der Waals surface area (Å²) in [5.41, 5.74) is 2.00. The van der Waals surface area contributed by atoms with Crippen LogP contribution < -0.4 is 5.32 Å². The van der Waals surface area contributed by atoms with E-state index in [-0.39, 0.29) is 5.88 Å². The van der Waals surface area contributed by atoms with E-state index in [1.165, 1.54) is 11.3 Å². The van der Waals surface area contributed by atoms with Gasteiger partial charge in [-0.15, -0.1) is 22.9 Å². The second kappa shape index (κ2) is 5.14. The Hall–Kier alpha value is -0.620. The molecule has 0 radical (unpaired) electrons. The predicted molar refractivity (Wildman–Crippen MR) is 72.2 cm³/mol. The third-order valence-corrected chi connectivity index (χ3v) is 3.69. The van der Waals surface area contributed by atoms with Crippen molar-refractivity contribution in [1.29, 1.82) is 0 Å². The van der Waals surface area contributed by atoms with Crippen molar-refractivity contribution < 1.29 is 5.11 Å². The highest BCUT2D eigenvalue weighted by atomic mass is 35.5. The molecule has 0 saturated carbocycles. The highest BCUT2D eigenvalue weighted by Gasteiger charge is 2.03. The van der Waals surface area contributed by atoms with E-state index in [2.05, 4.69) is 10.3 Å². The molecule has 1 heterocycles. The number of anilines is 1. The maximum atomic E-state index is 9.32. The van der Waals surface area contributed by atoms with Crippen molar-refractivity contribution in [3.63, 3.8) is 0 Å². The molecule has 1 atom stereocenters. The van der Waals surface area contributed by atoms with Gasteiger partial charge in [0, 0.05) is 12.2 Å². The van der Waals surface area contributed by atoms with Gasteiger partial charge in [0.05, 0.1) is 22.2 Å².